The highest BCUT2D eigenvalue weighted by Gasteiger charge is 2.29. The predicted octanol–water partition coefficient (Wildman–Crippen LogP) is 6.81. The van der Waals surface area contributed by atoms with Gasteiger partial charge in [0.1, 0.15) is 12.4 Å². The summed E-state index contributed by atoms with van der Waals surface area (Å²) in [5, 5.41) is 13.3. The number of carbonyl (C=O) groups is 1. The summed E-state index contributed by atoms with van der Waals surface area (Å²) < 4.78 is 6.36. The zero-order chi connectivity index (χ0) is 21.5. The lowest BCUT2D eigenvalue weighted by Crippen LogP contribution is -2.19. The molecule has 0 spiro atoms. The molecule has 0 bridgehead atoms. The van der Waals surface area contributed by atoms with Crippen LogP contribution in [0.3, 0.4) is 0 Å². The monoisotopic (exact) mass is 465 g/mol. The van der Waals surface area contributed by atoms with E-state index < -0.39 is 6.09 Å². The Morgan fingerprint density at radius 2 is 1.60 bits per heavy atom. The number of aromatic hydroxyl groups is 1. The summed E-state index contributed by atoms with van der Waals surface area (Å²) in [4.78, 5) is 12.6. The quantitative estimate of drug-likeness (QED) is 0.417. The standard InChI is InChI=1S/C25H24BrNO3/c1-25(2,3)21-12-15(26)13-22(23(21)28)27-24(29)30-14-20-18-10-6-4-8-16(18)17-9-5-7-11-19(17)20/h4-13,20,28H,14H2,1-3H3,(H,27,29). The summed E-state index contributed by atoms with van der Waals surface area (Å²) in [6.07, 6.45) is -0.592. The Hall–Kier alpha value is -2.79. The van der Waals surface area contributed by atoms with Crippen LogP contribution < -0.4 is 5.32 Å². The van der Waals surface area contributed by atoms with Gasteiger partial charge in [-0.3, -0.25) is 5.32 Å². The number of benzene rings is 3. The third kappa shape index (κ3) is 3.82. The second kappa shape index (κ2) is 7.80. The average Bonchev–Trinajstić information content (AvgIpc) is 3.02. The SMILES string of the molecule is CC(C)(C)c1cc(Br)cc(NC(=O)OCC2c3ccccc3-c3ccccc32)c1O. The highest BCUT2D eigenvalue weighted by atomic mass is 79.9. The summed E-state index contributed by atoms with van der Waals surface area (Å²) >= 11 is 3.46. The second-order valence-electron chi connectivity index (χ2n) is 8.55. The van der Waals surface area contributed by atoms with Gasteiger partial charge in [0, 0.05) is 16.0 Å². The van der Waals surface area contributed by atoms with E-state index in [1.54, 1.807) is 6.07 Å². The number of phenols is 1. The smallest absolute Gasteiger partial charge is 0.411 e. The van der Waals surface area contributed by atoms with E-state index in [1.807, 2.05) is 51.1 Å². The normalized spacial score (nSPS) is 12.9. The molecule has 2 N–H and O–H groups in total. The minimum Gasteiger partial charge on any atom is -0.505 e. The van der Waals surface area contributed by atoms with Crippen molar-refractivity contribution in [2.24, 2.45) is 0 Å². The van der Waals surface area contributed by atoms with Gasteiger partial charge in [0.05, 0.1) is 5.69 Å². The fraction of sp³-hybridized carbons (Fsp3) is 0.240. The third-order valence-electron chi connectivity index (χ3n) is 5.46. The molecule has 0 unspecified atom stereocenters. The summed E-state index contributed by atoms with van der Waals surface area (Å²) in [6.45, 7) is 6.24. The van der Waals surface area contributed by atoms with Crippen LogP contribution in [0.15, 0.2) is 65.1 Å². The largest absolute Gasteiger partial charge is 0.505 e. The molecule has 1 aliphatic carbocycles. The van der Waals surface area contributed by atoms with Crippen molar-refractivity contribution in [1.29, 1.82) is 0 Å². The molecule has 0 radical (unpaired) electrons. The van der Waals surface area contributed by atoms with E-state index in [9.17, 15) is 9.90 Å². The van der Waals surface area contributed by atoms with Gasteiger partial charge in [0.15, 0.2) is 0 Å². The van der Waals surface area contributed by atoms with Crippen molar-refractivity contribution in [3.05, 3.63) is 81.8 Å². The van der Waals surface area contributed by atoms with E-state index in [4.69, 9.17) is 4.74 Å². The number of nitrogens with one attached hydrogen (secondary N) is 1. The van der Waals surface area contributed by atoms with Crippen LogP contribution in [0.25, 0.3) is 11.1 Å². The number of rotatable bonds is 3. The molecule has 0 aromatic heterocycles. The van der Waals surface area contributed by atoms with Crippen LogP contribution >= 0.6 is 15.9 Å². The van der Waals surface area contributed by atoms with Crippen LogP contribution in [-0.4, -0.2) is 17.8 Å². The van der Waals surface area contributed by atoms with E-state index in [0.29, 0.717) is 5.69 Å². The maximum Gasteiger partial charge on any atom is 0.411 e. The Morgan fingerprint density at radius 1 is 1.03 bits per heavy atom. The highest BCUT2D eigenvalue weighted by molar-refractivity contribution is 9.10. The van der Waals surface area contributed by atoms with Crippen molar-refractivity contribution in [3.8, 4) is 16.9 Å². The van der Waals surface area contributed by atoms with Gasteiger partial charge in [-0.25, -0.2) is 4.79 Å². The minimum atomic E-state index is -0.592. The number of ether oxygens (including phenoxy) is 1. The molecule has 1 amide bonds. The van der Waals surface area contributed by atoms with E-state index in [0.717, 1.165) is 21.2 Å². The Bertz CT molecular complexity index is 1070. The first kappa shape index (κ1) is 20.5. The topological polar surface area (TPSA) is 58.6 Å². The van der Waals surface area contributed by atoms with Gasteiger partial charge < -0.3 is 9.84 Å². The van der Waals surface area contributed by atoms with Crippen molar-refractivity contribution in [1.82, 2.24) is 0 Å². The predicted molar refractivity (Wildman–Crippen MR) is 123 cm³/mol. The van der Waals surface area contributed by atoms with Crippen molar-refractivity contribution >= 4 is 27.7 Å². The summed E-state index contributed by atoms with van der Waals surface area (Å²) in [7, 11) is 0. The van der Waals surface area contributed by atoms with Crippen molar-refractivity contribution in [2.75, 3.05) is 11.9 Å². The molecule has 0 saturated carbocycles. The molecule has 5 heteroatoms. The van der Waals surface area contributed by atoms with Gasteiger partial charge in [-0.05, 0) is 39.8 Å². The van der Waals surface area contributed by atoms with Crippen LogP contribution in [0.1, 0.15) is 43.4 Å². The van der Waals surface area contributed by atoms with Gasteiger partial charge in [0.25, 0.3) is 0 Å². The Balaban J connectivity index is 1.52. The third-order valence-corrected chi connectivity index (χ3v) is 5.92. The molecular formula is C25H24BrNO3. The maximum atomic E-state index is 12.6. The first-order valence-electron chi connectivity index (χ1n) is 9.90. The molecule has 1 aliphatic rings. The van der Waals surface area contributed by atoms with Crippen molar-refractivity contribution in [2.45, 2.75) is 32.1 Å². The van der Waals surface area contributed by atoms with Crippen LogP contribution in [-0.2, 0) is 10.2 Å². The lowest BCUT2D eigenvalue weighted by Gasteiger charge is -2.22. The van der Waals surface area contributed by atoms with Crippen molar-refractivity contribution in [3.63, 3.8) is 0 Å². The number of halogens is 1. The molecule has 4 nitrogen and oxygen atoms in total. The lowest BCUT2D eigenvalue weighted by atomic mass is 9.86. The first-order valence-corrected chi connectivity index (χ1v) is 10.7. The minimum absolute atomic E-state index is 0.00982. The molecule has 0 saturated heterocycles. The zero-order valence-electron chi connectivity index (χ0n) is 17.2. The summed E-state index contributed by atoms with van der Waals surface area (Å²) in [5.41, 5.74) is 5.48. The molecule has 30 heavy (non-hydrogen) atoms. The van der Waals surface area contributed by atoms with E-state index in [-0.39, 0.29) is 23.7 Å². The molecule has 154 valence electrons. The lowest BCUT2D eigenvalue weighted by molar-refractivity contribution is 0.158. The van der Waals surface area contributed by atoms with Gasteiger partial charge >= 0.3 is 6.09 Å². The number of phenolic OH excluding ortho intramolecular Hbond substituents is 1. The number of anilines is 1. The molecule has 4 rings (SSSR count). The van der Waals surface area contributed by atoms with E-state index >= 15 is 0 Å². The van der Waals surface area contributed by atoms with Gasteiger partial charge in [-0.1, -0.05) is 85.2 Å². The second-order valence-corrected chi connectivity index (χ2v) is 9.47. The maximum absolute atomic E-state index is 12.6. The highest BCUT2D eigenvalue weighted by Crippen LogP contribution is 2.44. The number of fused-ring (bicyclic) bond motifs is 3. The molecule has 0 aliphatic heterocycles. The van der Waals surface area contributed by atoms with Crippen LogP contribution in [0.4, 0.5) is 10.5 Å². The first-order chi connectivity index (χ1) is 14.3. The number of carbonyl (C=O) groups excluding carboxylic acids is 1. The Morgan fingerprint density at radius 3 is 2.17 bits per heavy atom. The van der Waals surface area contributed by atoms with Crippen LogP contribution in [0.5, 0.6) is 5.75 Å². The average molecular weight is 466 g/mol. The molecule has 3 aromatic carbocycles. The van der Waals surface area contributed by atoms with Gasteiger partial charge in [-0.2, -0.15) is 0 Å². The molecule has 0 heterocycles. The Kier molecular flexibility index (Phi) is 5.33. The van der Waals surface area contributed by atoms with E-state index in [2.05, 4.69) is 45.5 Å². The van der Waals surface area contributed by atoms with Gasteiger partial charge in [0.2, 0.25) is 0 Å². The van der Waals surface area contributed by atoms with Crippen molar-refractivity contribution < 1.29 is 14.6 Å². The molecule has 3 aromatic rings. The number of hydrogen-bond acceptors (Lipinski definition) is 3. The number of amides is 1. The van der Waals surface area contributed by atoms with Gasteiger partial charge in [-0.15, -0.1) is 0 Å². The molecule has 0 fully saturated rings. The Labute approximate surface area is 185 Å². The fourth-order valence-corrected chi connectivity index (χ4v) is 4.47. The zero-order valence-corrected chi connectivity index (χ0v) is 18.8. The summed E-state index contributed by atoms with van der Waals surface area (Å²) in [5.74, 6) is 0.0450. The van der Waals surface area contributed by atoms with E-state index in [1.165, 1.54) is 11.1 Å². The fourth-order valence-electron chi connectivity index (χ4n) is 4.01. The van der Waals surface area contributed by atoms with Crippen LogP contribution in [0.2, 0.25) is 0 Å². The summed E-state index contributed by atoms with van der Waals surface area (Å²) in [6, 6.07) is 19.9. The molecule has 0 atom stereocenters. The number of hydrogen-bond donors (Lipinski definition) is 2. The molecular weight excluding hydrogens is 442 g/mol. The van der Waals surface area contributed by atoms with Crippen LogP contribution in [0, 0.1) is 0 Å².